The molecule has 1 aliphatic rings. The minimum Gasteiger partial charge on any atom is -0.388 e. The minimum atomic E-state index is -0.380. The van der Waals surface area contributed by atoms with Crippen LogP contribution < -0.4 is 0 Å². The minimum absolute atomic E-state index is 0.343. The standard InChI is InChI=1S/C16H14Br2O/c17-14-7-6-11(8-15(14)18)16(19)13-9-12(13)10-4-2-1-3-5-10/h1-8,12-13,16,19H,9H2. The average Bonchev–Trinajstić information content (AvgIpc) is 3.22. The maximum Gasteiger partial charge on any atom is 0.0824 e. The molecule has 0 saturated heterocycles. The molecule has 0 amide bonds. The Balaban J connectivity index is 1.76. The third-order valence-electron chi connectivity index (χ3n) is 3.76. The van der Waals surface area contributed by atoms with Crippen LogP contribution in [0.2, 0.25) is 0 Å². The topological polar surface area (TPSA) is 20.2 Å². The second kappa shape index (κ2) is 5.39. The van der Waals surface area contributed by atoms with Crippen molar-refractivity contribution in [3.05, 3.63) is 68.6 Å². The van der Waals surface area contributed by atoms with E-state index in [1.54, 1.807) is 0 Å². The third kappa shape index (κ3) is 2.78. The molecular formula is C16H14Br2O. The summed E-state index contributed by atoms with van der Waals surface area (Å²) in [5.41, 5.74) is 2.32. The maximum atomic E-state index is 10.5. The van der Waals surface area contributed by atoms with Crippen LogP contribution in [0.4, 0.5) is 0 Å². The Labute approximate surface area is 129 Å². The van der Waals surface area contributed by atoms with E-state index in [-0.39, 0.29) is 6.10 Å². The number of halogens is 2. The number of aliphatic hydroxyl groups excluding tert-OH is 1. The van der Waals surface area contributed by atoms with Gasteiger partial charge in [-0.15, -0.1) is 0 Å². The first-order valence-electron chi connectivity index (χ1n) is 6.35. The van der Waals surface area contributed by atoms with Gasteiger partial charge in [0, 0.05) is 8.95 Å². The first-order valence-corrected chi connectivity index (χ1v) is 7.93. The zero-order valence-corrected chi connectivity index (χ0v) is 13.4. The lowest BCUT2D eigenvalue weighted by atomic mass is 10.0. The van der Waals surface area contributed by atoms with Gasteiger partial charge in [-0.3, -0.25) is 0 Å². The van der Waals surface area contributed by atoms with Crippen LogP contribution in [0.15, 0.2) is 57.5 Å². The van der Waals surface area contributed by atoms with Crippen LogP contribution in [0.1, 0.15) is 29.6 Å². The van der Waals surface area contributed by atoms with Crippen molar-refractivity contribution < 1.29 is 5.11 Å². The first kappa shape index (κ1) is 13.3. The first-order chi connectivity index (χ1) is 9.16. The Kier molecular flexibility index (Phi) is 3.79. The number of rotatable bonds is 3. The van der Waals surface area contributed by atoms with E-state index in [4.69, 9.17) is 0 Å². The SMILES string of the molecule is OC(c1ccc(Br)c(Br)c1)C1CC1c1ccccc1. The number of aliphatic hydroxyl groups is 1. The van der Waals surface area contributed by atoms with Gasteiger partial charge in [-0.1, -0.05) is 36.4 Å². The quantitative estimate of drug-likeness (QED) is 0.788. The van der Waals surface area contributed by atoms with Crippen LogP contribution in [-0.2, 0) is 0 Å². The van der Waals surface area contributed by atoms with Gasteiger partial charge >= 0.3 is 0 Å². The summed E-state index contributed by atoms with van der Waals surface area (Å²) in [7, 11) is 0. The molecule has 1 N–H and O–H groups in total. The highest BCUT2D eigenvalue weighted by Gasteiger charge is 2.43. The summed E-state index contributed by atoms with van der Waals surface area (Å²) < 4.78 is 2.00. The maximum absolute atomic E-state index is 10.5. The van der Waals surface area contributed by atoms with Crippen LogP contribution >= 0.6 is 31.9 Å². The van der Waals surface area contributed by atoms with E-state index >= 15 is 0 Å². The predicted octanol–water partition coefficient (Wildman–Crippen LogP) is 5.05. The number of benzene rings is 2. The van der Waals surface area contributed by atoms with Crippen molar-refractivity contribution in [2.45, 2.75) is 18.4 Å². The van der Waals surface area contributed by atoms with E-state index in [0.717, 1.165) is 20.9 Å². The van der Waals surface area contributed by atoms with Gasteiger partial charge in [0.25, 0.3) is 0 Å². The Bertz CT molecular complexity index is 583. The Morgan fingerprint density at radius 2 is 1.74 bits per heavy atom. The van der Waals surface area contributed by atoms with Gasteiger partial charge in [0.2, 0.25) is 0 Å². The van der Waals surface area contributed by atoms with Crippen molar-refractivity contribution in [1.29, 1.82) is 0 Å². The van der Waals surface area contributed by atoms with Gasteiger partial charge in [-0.25, -0.2) is 0 Å². The smallest absolute Gasteiger partial charge is 0.0824 e. The number of hydrogen-bond donors (Lipinski definition) is 1. The largest absolute Gasteiger partial charge is 0.388 e. The normalized spacial score (nSPS) is 23.1. The van der Waals surface area contributed by atoms with Gasteiger partial charge in [-0.05, 0) is 73.4 Å². The third-order valence-corrected chi connectivity index (χ3v) is 5.64. The molecule has 3 rings (SSSR count). The molecule has 1 nitrogen and oxygen atoms in total. The molecule has 3 atom stereocenters. The molecule has 3 heteroatoms. The van der Waals surface area contributed by atoms with Gasteiger partial charge in [0.1, 0.15) is 0 Å². The highest BCUT2D eigenvalue weighted by Crippen LogP contribution is 2.54. The van der Waals surface area contributed by atoms with Crippen molar-refractivity contribution >= 4 is 31.9 Å². The second-order valence-corrected chi connectivity index (χ2v) is 6.74. The molecule has 2 aromatic rings. The fourth-order valence-electron chi connectivity index (χ4n) is 2.59. The fourth-order valence-corrected chi connectivity index (χ4v) is 3.23. The molecule has 0 aromatic heterocycles. The van der Waals surface area contributed by atoms with E-state index in [2.05, 4.69) is 56.1 Å². The van der Waals surface area contributed by atoms with Crippen LogP contribution in [-0.4, -0.2) is 5.11 Å². The fraction of sp³-hybridized carbons (Fsp3) is 0.250. The Hall–Kier alpha value is -0.640. The van der Waals surface area contributed by atoms with Crippen molar-refractivity contribution in [2.75, 3.05) is 0 Å². The summed E-state index contributed by atoms with van der Waals surface area (Å²) in [5, 5.41) is 10.5. The molecule has 0 heterocycles. The van der Waals surface area contributed by atoms with E-state index in [1.165, 1.54) is 5.56 Å². The highest BCUT2D eigenvalue weighted by atomic mass is 79.9. The van der Waals surface area contributed by atoms with E-state index < -0.39 is 0 Å². The summed E-state index contributed by atoms with van der Waals surface area (Å²) in [6, 6.07) is 16.4. The van der Waals surface area contributed by atoms with Crippen molar-refractivity contribution in [2.24, 2.45) is 5.92 Å². The Morgan fingerprint density at radius 1 is 1.00 bits per heavy atom. The summed E-state index contributed by atoms with van der Waals surface area (Å²) in [4.78, 5) is 0. The molecule has 98 valence electrons. The van der Waals surface area contributed by atoms with Crippen LogP contribution in [0.3, 0.4) is 0 Å². The summed E-state index contributed by atoms with van der Waals surface area (Å²) in [6.07, 6.45) is 0.688. The molecule has 0 spiro atoms. The predicted molar refractivity (Wildman–Crippen MR) is 84.1 cm³/mol. The lowest BCUT2D eigenvalue weighted by Crippen LogP contribution is -2.01. The van der Waals surface area contributed by atoms with Gasteiger partial charge < -0.3 is 5.11 Å². The summed E-state index contributed by atoms with van der Waals surface area (Å²) in [5.74, 6) is 0.842. The van der Waals surface area contributed by atoms with E-state index in [9.17, 15) is 5.11 Å². The molecule has 3 unspecified atom stereocenters. The lowest BCUT2D eigenvalue weighted by Gasteiger charge is -2.12. The summed E-state index contributed by atoms with van der Waals surface area (Å²) in [6.45, 7) is 0. The monoisotopic (exact) mass is 380 g/mol. The van der Waals surface area contributed by atoms with Crippen LogP contribution in [0.5, 0.6) is 0 Å². The molecule has 0 aliphatic heterocycles. The lowest BCUT2D eigenvalue weighted by molar-refractivity contribution is 0.151. The molecule has 1 aliphatic carbocycles. The number of hydrogen-bond acceptors (Lipinski definition) is 1. The molecule has 19 heavy (non-hydrogen) atoms. The zero-order chi connectivity index (χ0) is 13.4. The molecule has 1 saturated carbocycles. The van der Waals surface area contributed by atoms with Crippen molar-refractivity contribution in [3.8, 4) is 0 Å². The molecule has 0 bridgehead atoms. The van der Waals surface area contributed by atoms with Gasteiger partial charge in [-0.2, -0.15) is 0 Å². The van der Waals surface area contributed by atoms with Crippen molar-refractivity contribution in [1.82, 2.24) is 0 Å². The Morgan fingerprint density at radius 3 is 2.42 bits per heavy atom. The van der Waals surface area contributed by atoms with Crippen LogP contribution in [0.25, 0.3) is 0 Å². The second-order valence-electron chi connectivity index (χ2n) is 5.04. The van der Waals surface area contributed by atoms with Gasteiger partial charge in [0.05, 0.1) is 6.10 Å². The zero-order valence-electron chi connectivity index (χ0n) is 10.3. The average molecular weight is 382 g/mol. The molecule has 2 aromatic carbocycles. The van der Waals surface area contributed by atoms with Gasteiger partial charge in [0.15, 0.2) is 0 Å². The van der Waals surface area contributed by atoms with Crippen LogP contribution in [0, 0.1) is 5.92 Å². The molecule has 0 radical (unpaired) electrons. The molecule has 1 fully saturated rings. The molecular weight excluding hydrogens is 368 g/mol. The van der Waals surface area contributed by atoms with E-state index in [1.807, 2.05) is 24.3 Å². The summed E-state index contributed by atoms with van der Waals surface area (Å²) >= 11 is 6.94. The van der Waals surface area contributed by atoms with E-state index in [0.29, 0.717) is 11.8 Å². The van der Waals surface area contributed by atoms with Crippen molar-refractivity contribution in [3.63, 3.8) is 0 Å². The highest BCUT2D eigenvalue weighted by molar-refractivity contribution is 9.13.